The molecule has 0 saturated carbocycles. The van der Waals surface area contributed by atoms with Crippen molar-refractivity contribution in [2.45, 2.75) is 106 Å². The molecule has 3 rings (SSSR count). The topological polar surface area (TPSA) is 26.3 Å². The number of hydrogen-bond donors (Lipinski definition) is 0. The van der Waals surface area contributed by atoms with Crippen LogP contribution in [0, 0.1) is 10.8 Å². The minimum Gasteiger partial charge on any atom is -0.474 e. The van der Waals surface area contributed by atoms with Gasteiger partial charge in [-0.2, -0.15) is 0 Å². The molecule has 170 valence electrons. The van der Waals surface area contributed by atoms with E-state index in [2.05, 4.69) is 101 Å². The van der Waals surface area contributed by atoms with Gasteiger partial charge in [0.05, 0.1) is 0 Å². The summed E-state index contributed by atoms with van der Waals surface area (Å²) < 4.78 is 6.69. The van der Waals surface area contributed by atoms with Crippen molar-refractivity contribution in [3.8, 4) is 5.75 Å². The predicted molar refractivity (Wildman–Crippen MR) is 131 cm³/mol. The predicted octanol–water partition coefficient (Wildman–Crippen LogP) is 7.48. The second-order valence-corrected chi connectivity index (χ2v) is 13.7. The second-order valence-electron chi connectivity index (χ2n) is 13.7. The van der Waals surface area contributed by atoms with Crippen LogP contribution in [0.5, 0.6) is 5.75 Å². The maximum absolute atomic E-state index is 13.6. The lowest BCUT2D eigenvalue weighted by molar-refractivity contribution is -0.125. The second kappa shape index (κ2) is 6.83. The van der Waals surface area contributed by atoms with Gasteiger partial charge in [-0.25, -0.2) is 0 Å². The van der Waals surface area contributed by atoms with Gasteiger partial charge in [0.1, 0.15) is 5.75 Å². The highest BCUT2D eigenvalue weighted by molar-refractivity contribution is 6.03. The molecule has 2 aliphatic rings. The summed E-state index contributed by atoms with van der Waals surface area (Å²) in [7, 11) is 0. The van der Waals surface area contributed by atoms with Crippen molar-refractivity contribution in [3.63, 3.8) is 0 Å². The Morgan fingerprint density at radius 3 is 1.74 bits per heavy atom. The molecule has 1 aliphatic carbocycles. The Balaban J connectivity index is 2.21. The number of hydrogen-bond acceptors (Lipinski definition) is 2. The van der Waals surface area contributed by atoms with Crippen molar-refractivity contribution in [2.75, 3.05) is 0 Å². The van der Waals surface area contributed by atoms with E-state index in [0.29, 0.717) is 6.42 Å². The highest BCUT2D eigenvalue weighted by atomic mass is 16.5. The van der Waals surface area contributed by atoms with Gasteiger partial charge in [-0.15, -0.1) is 0 Å². The molecule has 0 fully saturated rings. The van der Waals surface area contributed by atoms with Crippen LogP contribution in [-0.2, 0) is 22.0 Å². The minimum atomic E-state index is -0.934. The molecular weight excluding hydrogens is 380 g/mol. The Kier molecular flexibility index (Phi) is 5.25. The Morgan fingerprint density at radius 1 is 0.742 bits per heavy atom. The summed E-state index contributed by atoms with van der Waals surface area (Å²) in [5.41, 5.74) is 4.85. The molecule has 2 nitrogen and oxygen atoms in total. The van der Waals surface area contributed by atoms with Gasteiger partial charge < -0.3 is 4.74 Å². The lowest BCUT2D eigenvalue weighted by Crippen LogP contribution is -2.45. The largest absolute Gasteiger partial charge is 0.474 e. The molecule has 0 bridgehead atoms. The highest BCUT2D eigenvalue weighted by Gasteiger charge is 2.49. The number of ketones is 1. The molecule has 1 aromatic rings. The summed E-state index contributed by atoms with van der Waals surface area (Å²) >= 11 is 0. The van der Waals surface area contributed by atoms with Gasteiger partial charge in [0.2, 0.25) is 5.78 Å². The third-order valence-electron chi connectivity index (χ3n) is 6.55. The zero-order valence-corrected chi connectivity index (χ0v) is 21.8. The van der Waals surface area contributed by atoms with Gasteiger partial charge in [0.15, 0.2) is 5.60 Å². The van der Waals surface area contributed by atoms with Gasteiger partial charge in [0.25, 0.3) is 0 Å². The molecule has 0 radical (unpaired) electrons. The summed E-state index contributed by atoms with van der Waals surface area (Å²) in [6.45, 7) is 26.6. The number of rotatable bonds is 0. The van der Waals surface area contributed by atoms with Gasteiger partial charge >= 0.3 is 0 Å². The van der Waals surface area contributed by atoms with Crippen LogP contribution in [0.25, 0.3) is 0 Å². The van der Waals surface area contributed by atoms with Crippen molar-refractivity contribution < 1.29 is 9.53 Å². The Morgan fingerprint density at radius 2 is 1.29 bits per heavy atom. The number of allylic oxidation sites excluding steroid dienone is 2. The lowest BCUT2D eigenvalue weighted by Gasteiger charge is -2.39. The number of carbonyl (C=O) groups is 1. The van der Waals surface area contributed by atoms with Gasteiger partial charge in [-0.3, -0.25) is 4.79 Å². The number of carbonyl (C=O) groups excluding carboxylic acids is 1. The Labute approximate surface area is 190 Å². The first-order chi connectivity index (χ1) is 13.8. The summed E-state index contributed by atoms with van der Waals surface area (Å²) in [6.07, 6.45) is 4.62. The van der Waals surface area contributed by atoms with E-state index >= 15 is 0 Å². The standard InChI is InChI=1S/C29H42O2/c1-25(2,3)19-13-18-16-29(31-24(18)21(14-19)27(7,8)9)17-22(28(10,11)12)20(15-23(29)30)26(4,5)6/h13-15,17H,16H2,1-12H3. The molecule has 0 amide bonds. The first kappa shape index (κ1) is 23.8. The van der Waals surface area contributed by atoms with Crippen molar-refractivity contribution in [3.05, 3.63) is 52.1 Å². The Bertz CT molecular complexity index is 976. The van der Waals surface area contributed by atoms with Crippen molar-refractivity contribution in [2.24, 2.45) is 10.8 Å². The highest BCUT2D eigenvalue weighted by Crippen LogP contribution is 2.50. The molecule has 1 spiro atoms. The van der Waals surface area contributed by atoms with Crippen molar-refractivity contribution in [1.29, 1.82) is 0 Å². The summed E-state index contributed by atoms with van der Waals surface area (Å²) in [4.78, 5) is 13.6. The van der Waals surface area contributed by atoms with Crippen LogP contribution in [0.2, 0.25) is 0 Å². The third-order valence-corrected chi connectivity index (χ3v) is 6.55. The molecule has 1 heterocycles. The van der Waals surface area contributed by atoms with Crippen molar-refractivity contribution >= 4 is 5.78 Å². The van der Waals surface area contributed by atoms with E-state index in [1.54, 1.807) is 0 Å². The maximum Gasteiger partial charge on any atom is 0.203 e. The average molecular weight is 423 g/mol. The molecule has 0 aromatic heterocycles. The monoisotopic (exact) mass is 422 g/mol. The minimum absolute atomic E-state index is 0.0348. The fourth-order valence-electron chi connectivity index (χ4n) is 4.60. The first-order valence-corrected chi connectivity index (χ1v) is 11.6. The number of benzene rings is 1. The van der Waals surface area contributed by atoms with Crippen LogP contribution in [0.15, 0.2) is 35.4 Å². The van der Waals surface area contributed by atoms with Crippen LogP contribution in [0.1, 0.15) is 99.8 Å². The number of ether oxygens (including phenoxy) is 1. The maximum atomic E-state index is 13.6. The molecule has 31 heavy (non-hydrogen) atoms. The van der Waals surface area contributed by atoms with E-state index in [0.717, 1.165) is 16.9 Å². The molecule has 2 heteroatoms. The van der Waals surface area contributed by atoms with Gasteiger partial charge in [-0.05, 0) is 56.1 Å². The zero-order chi connectivity index (χ0) is 23.8. The summed E-state index contributed by atoms with van der Waals surface area (Å²) in [5.74, 6) is 0.977. The average Bonchev–Trinajstić information content (AvgIpc) is 2.91. The smallest absolute Gasteiger partial charge is 0.203 e. The van der Waals surface area contributed by atoms with Gasteiger partial charge in [-0.1, -0.05) is 95.2 Å². The molecule has 1 unspecified atom stereocenters. The third kappa shape index (κ3) is 4.28. The molecule has 0 N–H and O–H groups in total. The van der Waals surface area contributed by atoms with Crippen LogP contribution in [-0.4, -0.2) is 11.4 Å². The normalized spacial score (nSPS) is 22.3. The fourth-order valence-corrected chi connectivity index (χ4v) is 4.60. The quantitative estimate of drug-likeness (QED) is 0.433. The summed E-state index contributed by atoms with van der Waals surface area (Å²) in [5, 5.41) is 0. The van der Waals surface area contributed by atoms with Crippen LogP contribution in [0.3, 0.4) is 0 Å². The molecule has 0 saturated heterocycles. The molecular formula is C29H42O2. The van der Waals surface area contributed by atoms with Crippen molar-refractivity contribution in [1.82, 2.24) is 0 Å². The molecule has 1 atom stereocenters. The SMILES string of the molecule is CC(C)(C)C1=CC(=O)C2(C=C1C(C)(C)C)Cc1cc(C(C)(C)C)cc(C(C)(C)C)c1O2. The van der Waals surface area contributed by atoms with E-state index < -0.39 is 5.60 Å². The Hall–Kier alpha value is -1.83. The van der Waals surface area contributed by atoms with Crippen LogP contribution >= 0.6 is 0 Å². The van der Waals surface area contributed by atoms with E-state index in [1.165, 1.54) is 16.7 Å². The first-order valence-electron chi connectivity index (χ1n) is 11.6. The summed E-state index contributed by atoms with van der Waals surface area (Å²) in [6, 6.07) is 4.55. The lowest BCUT2D eigenvalue weighted by atomic mass is 9.67. The fraction of sp³-hybridized carbons (Fsp3) is 0.621. The van der Waals surface area contributed by atoms with Gasteiger partial charge in [0, 0.05) is 12.0 Å². The van der Waals surface area contributed by atoms with Crippen LogP contribution in [0.4, 0.5) is 0 Å². The number of fused-ring (bicyclic) bond motifs is 1. The molecule has 1 aromatic carbocycles. The van der Waals surface area contributed by atoms with E-state index in [1.807, 2.05) is 6.08 Å². The van der Waals surface area contributed by atoms with E-state index in [9.17, 15) is 4.79 Å². The van der Waals surface area contributed by atoms with E-state index in [4.69, 9.17) is 4.74 Å². The van der Waals surface area contributed by atoms with E-state index in [-0.39, 0.29) is 27.4 Å². The molecule has 1 aliphatic heterocycles. The zero-order valence-electron chi connectivity index (χ0n) is 21.8. The van der Waals surface area contributed by atoms with Crippen LogP contribution < -0.4 is 4.74 Å².